The van der Waals surface area contributed by atoms with Gasteiger partial charge in [0.25, 0.3) is 0 Å². The standard InChI is InChI=1S/C17H22N4O4/c1-17(14-5-3-2-4-6-14)13-19(7-8-25-17)11-16(22)12-20-10-15(9-18-20)21(23)24/h2-6,9-10,16,22H,7-8,11-13H2,1H3. The van der Waals surface area contributed by atoms with Crippen molar-refractivity contribution in [2.24, 2.45) is 0 Å². The maximum absolute atomic E-state index is 10.7. The largest absolute Gasteiger partial charge is 0.390 e. The van der Waals surface area contributed by atoms with Crippen LogP contribution in [0.25, 0.3) is 0 Å². The third kappa shape index (κ3) is 4.22. The zero-order chi connectivity index (χ0) is 17.9. The lowest BCUT2D eigenvalue weighted by atomic mass is 9.94. The predicted octanol–water partition coefficient (Wildman–Crippen LogP) is 1.40. The summed E-state index contributed by atoms with van der Waals surface area (Å²) in [7, 11) is 0. The Morgan fingerprint density at radius 3 is 2.84 bits per heavy atom. The molecule has 2 heterocycles. The maximum atomic E-state index is 10.7. The number of benzene rings is 1. The van der Waals surface area contributed by atoms with Crippen LogP contribution in [0.3, 0.4) is 0 Å². The highest BCUT2D eigenvalue weighted by atomic mass is 16.6. The van der Waals surface area contributed by atoms with E-state index in [2.05, 4.69) is 16.9 Å². The van der Waals surface area contributed by atoms with Crippen molar-refractivity contribution >= 4 is 5.69 Å². The van der Waals surface area contributed by atoms with Crippen LogP contribution in [0.2, 0.25) is 0 Å². The third-order valence-corrected chi connectivity index (χ3v) is 4.44. The van der Waals surface area contributed by atoms with Gasteiger partial charge in [-0.3, -0.25) is 19.7 Å². The Hall–Kier alpha value is -2.29. The highest BCUT2D eigenvalue weighted by Crippen LogP contribution is 2.29. The van der Waals surface area contributed by atoms with Gasteiger partial charge in [0.15, 0.2) is 0 Å². The van der Waals surface area contributed by atoms with Crippen LogP contribution in [0.4, 0.5) is 5.69 Å². The van der Waals surface area contributed by atoms with Crippen LogP contribution in [0.1, 0.15) is 12.5 Å². The minimum absolute atomic E-state index is 0.0739. The van der Waals surface area contributed by atoms with Gasteiger partial charge in [0.1, 0.15) is 18.0 Å². The Kier molecular flexibility index (Phi) is 5.12. The van der Waals surface area contributed by atoms with Crippen LogP contribution >= 0.6 is 0 Å². The predicted molar refractivity (Wildman–Crippen MR) is 91.1 cm³/mol. The minimum atomic E-state index is -0.669. The van der Waals surface area contributed by atoms with Crippen LogP contribution in [-0.4, -0.2) is 57.1 Å². The normalized spacial score (nSPS) is 22.6. The SMILES string of the molecule is CC1(c2ccccc2)CN(CC(O)Cn2cc([N+](=O)[O-])cn2)CCO1. The first-order valence-corrected chi connectivity index (χ1v) is 8.23. The van der Waals surface area contributed by atoms with E-state index in [0.717, 1.165) is 12.1 Å². The smallest absolute Gasteiger partial charge is 0.306 e. The second-order valence-electron chi connectivity index (χ2n) is 6.51. The molecular formula is C17H22N4O4. The molecule has 0 saturated carbocycles. The number of aliphatic hydroxyl groups is 1. The van der Waals surface area contributed by atoms with Gasteiger partial charge in [0.2, 0.25) is 0 Å². The number of nitro groups is 1. The van der Waals surface area contributed by atoms with Crippen molar-refractivity contribution in [3.63, 3.8) is 0 Å². The van der Waals surface area contributed by atoms with E-state index in [1.54, 1.807) is 0 Å². The molecule has 25 heavy (non-hydrogen) atoms. The molecule has 8 heteroatoms. The molecule has 1 aromatic carbocycles. The highest BCUT2D eigenvalue weighted by Gasteiger charge is 2.34. The molecule has 1 aliphatic rings. The van der Waals surface area contributed by atoms with Gasteiger partial charge in [-0.25, -0.2) is 0 Å². The van der Waals surface area contributed by atoms with E-state index in [4.69, 9.17) is 4.74 Å². The molecular weight excluding hydrogens is 324 g/mol. The minimum Gasteiger partial charge on any atom is -0.390 e. The van der Waals surface area contributed by atoms with Crippen molar-refractivity contribution in [2.45, 2.75) is 25.2 Å². The van der Waals surface area contributed by atoms with Gasteiger partial charge < -0.3 is 9.84 Å². The molecule has 0 bridgehead atoms. The molecule has 1 saturated heterocycles. The van der Waals surface area contributed by atoms with Crippen molar-refractivity contribution in [1.82, 2.24) is 14.7 Å². The summed E-state index contributed by atoms with van der Waals surface area (Å²) < 4.78 is 7.40. The van der Waals surface area contributed by atoms with Gasteiger partial charge in [-0.05, 0) is 12.5 Å². The van der Waals surface area contributed by atoms with Crippen LogP contribution in [0.5, 0.6) is 0 Å². The van der Waals surface area contributed by atoms with Gasteiger partial charge in [0.05, 0.1) is 24.2 Å². The van der Waals surface area contributed by atoms with Crippen molar-refractivity contribution in [1.29, 1.82) is 0 Å². The third-order valence-electron chi connectivity index (χ3n) is 4.44. The molecule has 1 fully saturated rings. The first-order valence-electron chi connectivity index (χ1n) is 8.23. The summed E-state index contributed by atoms with van der Waals surface area (Å²) in [6.07, 6.45) is 1.85. The quantitative estimate of drug-likeness (QED) is 0.628. The number of β-amino-alcohol motifs (C(OH)–C–C–N with tert-alkyl or cyclic N) is 1. The van der Waals surface area contributed by atoms with Crippen molar-refractivity contribution < 1.29 is 14.8 Å². The second-order valence-corrected chi connectivity index (χ2v) is 6.51. The highest BCUT2D eigenvalue weighted by molar-refractivity contribution is 5.23. The van der Waals surface area contributed by atoms with Crippen molar-refractivity contribution in [2.75, 3.05) is 26.2 Å². The molecule has 3 rings (SSSR count). The molecule has 0 radical (unpaired) electrons. The zero-order valence-corrected chi connectivity index (χ0v) is 14.1. The Balaban J connectivity index is 1.59. The van der Waals surface area contributed by atoms with Gasteiger partial charge in [-0.1, -0.05) is 30.3 Å². The lowest BCUT2D eigenvalue weighted by Crippen LogP contribution is -2.50. The monoisotopic (exact) mass is 346 g/mol. The molecule has 1 N–H and O–H groups in total. The Morgan fingerprint density at radius 1 is 1.40 bits per heavy atom. The van der Waals surface area contributed by atoms with E-state index in [-0.39, 0.29) is 12.2 Å². The lowest BCUT2D eigenvalue weighted by molar-refractivity contribution is -0.385. The summed E-state index contributed by atoms with van der Waals surface area (Å²) in [5.41, 5.74) is 0.621. The number of morpholine rings is 1. The molecule has 1 aromatic heterocycles. The molecule has 2 unspecified atom stereocenters. The van der Waals surface area contributed by atoms with Crippen LogP contribution in [0.15, 0.2) is 42.7 Å². The van der Waals surface area contributed by atoms with E-state index >= 15 is 0 Å². The Labute approximate surface area is 145 Å². The van der Waals surface area contributed by atoms with Crippen molar-refractivity contribution in [3.05, 3.63) is 58.4 Å². The molecule has 2 atom stereocenters. The van der Waals surface area contributed by atoms with Crippen molar-refractivity contribution in [3.8, 4) is 0 Å². The summed E-state index contributed by atoms with van der Waals surface area (Å²) in [5, 5.41) is 24.9. The molecule has 0 amide bonds. The Bertz CT molecular complexity index is 720. The van der Waals surface area contributed by atoms with Crippen LogP contribution in [-0.2, 0) is 16.9 Å². The lowest BCUT2D eigenvalue weighted by Gasteiger charge is -2.41. The van der Waals surface area contributed by atoms with Gasteiger partial charge in [-0.2, -0.15) is 5.10 Å². The number of rotatable bonds is 6. The number of ether oxygens (including phenoxy) is 1. The number of hydrogen-bond donors (Lipinski definition) is 1. The molecule has 134 valence electrons. The molecule has 1 aliphatic heterocycles. The fourth-order valence-electron chi connectivity index (χ4n) is 3.19. The number of aromatic nitrogens is 2. The summed E-state index contributed by atoms with van der Waals surface area (Å²) >= 11 is 0. The summed E-state index contributed by atoms with van der Waals surface area (Å²) in [6, 6.07) is 10.0. The number of hydrogen-bond acceptors (Lipinski definition) is 6. The molecule has 0 aliphatic carbocycles. The molecule has 0 spiro atoms. The number of nitrogens with zero attached hydrogens (tertiary/aromatic N) is 4. The van der Waals surface area contributed by atoms with Gasteiger partial charge in [-0.15, -0.1) is 0 Å². The van der Waals surface area contributed by atoms with Crippen LogP contribution in [0, 0.1) is 10.1 Å². The summed E-state index contributed by atoms with van der Waals surface area (Å²) in [5.74, 6) is 0. The van der Waals surface area contributed by atoms with Gasteiger partial charge in [0, 0.05) is 19.6 Å². The maximum Gasteiger partial charge on any atom is 0.306 e. The van der Waals surface area contributed by atoms with E-state index in [0.29, 0.717) is 19.7 Å². The topological polar surface area (TPSA) is 93.7 Å². The average Bonchev–Trinajstić information content (AvgIpc) is 3.04. The zero-order valence-electron chi connectivity index (χ0n) is 14.1. The van der Waals surface area contributed by atoms with E-state index < -0.39 is 16.6 Å². The van der Waals surface area contributed by atoms with Gasteiger partial charge >= 0.3 is 5.69 Å². The first-order chi connectivity index (χ1) is 12.0. The molecule has 8 nitrogen and oxygen atoms in total. The number of aliphatic hydroxyl groups excluding tert-OH is 1. The van der Waals surface area contributed by atoms with Crippen LogP contribution < -0.4 is 0 Å². The fourth-order valence-corrected chi connectivity index (χ4v) is 3.19. The summed E-state index contributed by atoms with van der Waals surface area (Å²) in [4.78, 5) is 12.3. The van der Waals surface area contributed by atoms with E-state index in [9.17, 15) is 15.2 Å². The molecule has 2 aromatic rings. The van der Waals surface area contributed by atoms with E-state index in [1.165, 1.54) is 17.1 Å². The summed E-state index contributed by atoms with van der Waals surface area (Å²) in [6.45, 7) is 4.72. The fraction of sp³-hybridized carbons (Fsp3) is 0.471. The Morgan fingerprint density at radius 2 is 2.16 bits per heavy atom. The van der Waals surface area contributed by atoms with E-state index in [1.807, 2.05) is 30.3 Å². The second kappa shape index (κ2) is 7.30. The first kappa shape index (κ1) is 17.5. The average molecular weight is 346 g/mol.